The maximum absolute atomic E-state index is 13.8. The molecule has 1 aromatic carbocycles. The third kappa shape index (κ3) is 2.59. The number of hydrogen-bond acceptors (Lipinski definition) is 3. The zero-order valence-corrected chi connectivity index (χ0v) is 12.9. The molecule has 0 spiro atoms. The average Bonchev–Trinajstić information content (AvgIpc) is 2.90. The molecule has 1 amide bonds. The SMILES string of the molecule is CC(C)N1CCC(c2nc3c(C(N)=O)c(F)ccc3[nH]2)CC1. The number of aromatic nitrogens is 2. The van der Waals surface area contributed by atoms with Crippen molar-refractivity contribution in [2.24, 2.45) is 5.73 Å². The van der Waals surface area contributed by atoms with Crippen molar-refractivity contribution in [1.82, 2.24) is 14.9 Å². The Morgan fingerprint density at radius 1 is 1.41 bits per heavy atom. The molecule has 0 aliphatic carbocycles. The highest BCUT2D eigenvalue weighted by atomic mass is 19.1. The standard InChI is InChI=1S/C16H21FN4O/c1-9(2)21-7-5-10(6-8-21)16-19-12-4-3-11(17)13(15(18)22)14(12)20-16/h3-4,9-10H,5-8H2,1-2H3,(H2,18,22)(H,19,20). The maximum atomic E-state index is 13.8. The fourth-order valence-electron chi connectivity index (χ4n) is 3.19. The molecule has 0 saturated carbocycles. The van der Waals surface area contributed by atoms with Gasteiger partial charge in [0.25, 0.3) is 5.91 Å². The van der Waals surface area contributed by atoms with Crippen molar-refractivity contribution in [3.63, 3.8) is 0 Å². The number of aromatic amines is 1. The second-order valence-electron chi connectivity index (χ2n) is 6.21. The molecule has 1 aromatic heterocycles. The molecular formula is C16H21FN4O. The Labute approximate surface area is 128 Å². The molecular weight excluding hydrogens is 283 g/mol. The number of imidazole rings is 1. The number of halogens is 1. The number of primary amides is 1. The molecule has 1 aliphatic rings. The van der Waals surface area contributed by atoms with Gasteiger partial charge in [-0.3, -0.25) is 4.79 Å². The second-order valence-corrected chi connectivity index (χ2v) is 6.21. The lowest BCUT2D eigenvalue weighted by atomic mass is 9.95. The Morgan fingerprint density at radius 3 is 2.68 bits per heavy atom. The van der Waals surface area contributed by atoms with Crippen molar-refractivity contribution in [2.75, 3.05) is 13.1 Å². The van der Waals surface area contributed by atoms with E-state index in [4.69, 9.17) is 5.73 Å². The molecule has 1 fully saturated rings. The van der Waals surface area contributed by atoms with E-state index in [9.17, 15) is 9.18 Å². The van der Waals surface area contributed by atoms with Gasteiger partial charge in [-0.15, -0.1) is 0 Å². The number of nitrogens with one attached hydrogen (secondary N) is 1. The van der Waals surface area contributed by atoms with Crippen LogP contribution in [-0.4, -0.2) is 39.9 Å². The highest BCUT2D eigenvalue weighted by Gasteiger charge is 2.25. The van der Waals surface area contributed by atoms with E-state index in [1.165, 1.54) is 6.07 Å². The predicted octanol–water partition coefficient (Wildman–Crippen LogP) is 2.39. The van der Waals surface area contributed by atoms with Crippen LogP contribution in [0.5, 0.6) is 0 Å². The Balaban J connectivity index is 1.90. The van der Waals surface area contributed by atoms with Gasteiger partial charge in [-0.2, -0.15) is 0 Å². The lowest BCUT2D eigenvalue weighted by molar-refractivity contribution is 0.0998. The first kappa shape index (κ1) is 15.0. The van der Waals surface area contributed by atoms with E-state index in [0.29, 0.717) is 23.0 Å². The van der Waals surface area contributed by atoms with Crippen molar-refractivity contribution in [2.45, 2.75) is 38.6 Å². The average molecular weight is 304 g/mol. The molecule has 0 bridgehead atoms. The summed E-state index contributed by atoms with van der Waals surface area (Å²) in [7, 11) is 0. The number of nitrogens with zero attached hydrogens (tertiary/aromatic N) is 2. The minimum Gasteiger partial charge on any atom is -0.365 e. The van der Waals surface area contributed by atoms with E-state index in [1.807, 2.05) is 0 Å². The topological polar surface area (TPSA) is 75.0 Å². The van der Waals surface area contributed by atoms with Crippen molar-refractivity contribution in [3.05, 3.63) is 29.3 Å². The Bertz CT molecular complexity index is 701. The summed E-state index contributed by atoms with van der Waals surface area (Å²) in [6.45, 7) is 6.44. The van der Waals surface area contributed by atoms with Crippen LogP contribution < -0.4 is 5.73 Å². The zero-order valence-electron chi connectivity index (χ0n) is 12.9. The summed E-state index contributed by atoms with van der Waals surface area (Å²) < 4.78 is 13.8. The van der Waals surface area contributed by atoms with Gasteiger partial charge in [-0.05, 0) is 51.9 Å². The number of piperidine rings is 1. The van der Waals surface area contributed by atoms with Crippen LogP contribution >= 0.6 is 0 Å². The van der Waals surface area contributed by atoms with Gasteiger partial charge in [0, 0.05) is 12.0 Å². The summed E-state index contributed by atoms with van der Waals surface area (Å²) in [5.74, 6) is -0.263. The van der Waals surface area contributed by atoms with Crippen LogP contribution in [0.4, 0.5) is 4.39 Å². The first-order chi connectivity index (χ1) is 10.5. The summed E-state index contributed by atoms with van der Waals surface area (Å²) in [5.41, 5.74) is 6.16. The molecule has 3 N–H and O–H groups in total. The van der Waals surface area contributed by atoms with Crippen LogP contribution in [0.1, 0.15) is 48.8 Å². The van der Waals surface area contributed by atoms with E-state index < -0.39 is 11.7 Å². The minimum absolute atomic E-state index is 0.125. The first-order valence-electron chi connectivity index (χ1n) is 7.69. The summed E-state index contributed by atoms with van der Waals surface area (Å²) in [6.07, 6.45) is 2.01. The third-order valence-electron chi connectivity index (χ3n) is 4.52. The number of amides is 1. The summed E-state index contributed by atoms with van der Waals surface area (Å²) >= 11 is 0. The molecule has 5 nitrogen and oxygen atoms in total. The monoisotopic (exact) mass is 304 g/mol. The fraction of sp³-hybridized carbons (Fsp3) is 0.500. The highest BCUT2D eigenvalue weighted by Crippen LogP contribution is 2.29. The quantitative estimate of drug-likeness (QED) is 0.914. The Hall–Kier alpha value is -1.95. The van der Waals surface area contributed by atoms with E-state index in [0.717, 1.165) is 31.8 Å². The van der Waals surface area contributed by atoms with Crippen LogP contribution in [0.25, 0.3) is 11.0 Å². The van der Waals surface area contributed by atoms with E-state index in [2.05, 4.69) is 28.7 Å². The molecule has 2 aromatic rings. The molecule has 0 atom stereocenters. The number of H-pyrrole nitrogens is 1. The van der Waals surface area contributed by atoms with Crippen molar-refractivity contribution < 1.29 is 9.18 Å². The van der Waals surface area contributed by atoms with Crippen LogP contribution in [0.15, 0.2) is 12.1 Å². The Morgan fingerprint density at radius 2 is 2.09 bits per heavy atom. The largest absolute Gasteiger partial charge is 0.365 e. The van der Waals surface area contributed by atoms with E-state index in [1.54, 1.807) is 6.07 Å². The number of carbonyl (C=O) groups is 1. The van der Waals surface area contributed by atoms with Gasteiger partial charge in [0.1, 0.15) is 22.7 Å². The van der Waals surface area contributed by atoms with E-state index >= 15 is 0 Å². The van der Waals surface area contributed by atoms with Gasteiger partial charge in [0.15, 0.2) is 0 Å². The predicted molar refractivity (Wildman–Crippen MR) is 83.3 cm³/mol. The number of fused-ring (bicyclic) bond motifs is 1. The normalized spacial score (nSPS) is 17.5. The second kappa shape index (κ2) is 5.68. The van der Waals surface area contributed by atoms with Gasteiger partial charge < -0.3 is 15.6 Å². The molecule has 118 valence electrons. The van der Waals surface area contributed by atoms with Gasteiger partial charge in [-0.25, -0.2) is 9.37 Å². The first-order valence-corrected chi connectivity index (χ1v) is 7.69. The smallest absolute Gasteiger partial charge is 0.253 e. The molecule has 22 heavy (non-hydrogen) atoms. The molecule has 2 heterocycles. The number of hydrogen-bond donors (Lipinski definition) is 2. The van der Waals surface area contributed by atoms with E-state index in [-0.39, 0.29) is 5.56 Å². The van der Waals surface area contributed by atoms with Crippen LogP contribution in [0.3, 0.4) is 0 Å². The van der Waals surface area contributed by atoms with Crippen molar-refractivity contribution in [3.8, 4) is 0 Å². The number of likely N-dealkylation sites (tertiary alicyclic amines) is 1. The molecule has 1 aliphatic heterocycles. The zero-order chi connectivity index (χ0) is 15.9. The van der Waals surface area contributed by atoms with Gasteiger partial charge in [0.2, 0.25) is 0 Å². The number of nitrogens with two attached hydrogens (primary N) is 1. The third-order valence-corrected chi connectivity index (χ3v) is 4.52. The summed E-state index contributed by atoms with van der Waals surface area (Å²) in [5, 5.41) is 0. The summed E-state index contributed by atoms with van der Waals surface area (Å²) in [4.78, 5) is 21.6. The van der Waals surface area contributed by atoms with Gasteiger partial charge >= 0.3 is 0 Å². The molecule has 0 radical (unpaired) electrons. The number of carbonyl (C=O) groups excluding carboxylic acids is 1. The number of rotatable bonds is 3. The maximum Gasteiger partial charge on any atom is 0.253 e. The van der Waals surface area contributed by atoms with Crippen LogP contribution in [0, 0.1) is 5.82 Å². The molecule has 0 unspecified atom stereocenters. The summed E-state index contributed by atoms with van der Waals surface area (Å²) in [6, 6.07) is 3.41. The fourth-order valence-corrected chi connectivity index (χ4v) is 3.19. The molecule has 1 saturated heterocycles. The lowest BCUT2D eigenvalue weighted by Crippen LogP contribution is -2.38. The van der Waals surface area contributed by atoms with Gasteiger partial charge in [-0.1, -0.05) is 0 Å². The highest BCUT2D eigenvalue weighted by molar-refractivity contribution is 6.04. The van der Waals surface area contributed by atoms with Crippen LogP contribution in [0.2, 0.25) is 0 Å². The minimum atomic E-state index is -0.782. The van der Waals surface area contributed by atoms with Gasteiger partial charge in [0.05, 0.1) is 5.52 Å². The molecule has 6 heteroatoms. The Kier molecular flexibility index (Phi) is 3.87. The van der Waals surface area contributed by atoms with Crippen molar-refractivity contribution in [1.29, 1.82) is 0 Å². The number of benzene rings is 1. The van der Waals surface area contributed by atoms with Crippen molar-refractivity contribution >= 4 is 16.9 Å². The molecule has 3 rings (SSSR count). The lowest BCUT2D eigenvalue weighted by Gasteiger charge is -2.33. The van der Waals surface area contributed by atoms with Crippen LogP contribution in [-0.2, 0) is 0 Å².